The lowest BCUT2D eigenvalue weighted by Gasteiger charge is -2.25. The lowest BCUT2D eigenvalue weighted by atomic mass is 10.2. The summed E-state index contributed by atoms with van der Waals surface area (Å²) in [6.07, 6.45) is 1.55. The summed E-state index contributed by atoms with van der Waals surface area (Å²) in [4.78, 5) is 41.9. The molecule has 0 aliphatic carbocycles. The van der Waals surface area contributed by atoms with E-state index in [2.05, 4.69) is 4.98 Å². The first-order valence-electron chi connectivity index (χ1n) is 10.6. The van der Waals surface area contributed by atoms with E-state index in [0.717, 1.165) is 17.5 Å². The fraction of sp³-hybridized carbons (Fsp3) is 0.292. The first-order valence-corrected chi connectivity index (χ1v) is 10.6. The van der Waals surface area contributed by atoms with E-state index in [1.807, 2.05) is 62.4 Å². The number of amides is 1. The predicted molar refractivity (Wildman–Crippen MR) is 125 cm³/mol. The van der Waals surface area contributed by atoms with Crippen LogP contribution in [0.2, 0.25) is 0 Å². The Bertz CT molecular complexity index is 1180. The summed E-state index contributed by atoms with van der Waals surface area (Å²) in [5.74, 6) is 0.0631. The molecule has 3 aromatic rings. The van der Waals surface area contributed by atoms with Gasteiger partial charge in [-0.05, 0) is 36.6 Å². The van der Waals surface area contributed by atoms with Crippen molar-refractivity contribution in [3.05, 3.63) is 86.6 Å². The summed E-state index contributed by atoms with van der Waals surface area (Å²) >= 11 is 0. The van der Waals surface area contributed by atoms with Crippen molar-refractivity contribution in [2.24, 2.45) is 0 Å². The van der Waals surface area contributed by atoms with Crippen LogP contribution in [0.25, 0.3) is 0 Å². The zero-order chi connectivity index (χ0) is 23.1. The van der Waals surface area contributed by atoms with Crippen LogP contribution in [0.5, 0.6) is 5.75 Å². The lowest BCUT2D eigenvalue weighted by Crippen LogP contribution is -2.42. The highest BCUT2D eigenvalue weighted by Crippen LogP contribution is 2.21. The SMILES string of the molecule is CCCCn1c(N)c(N(Cc2ccccc2)C(=O)COc2cccc(C)c2)c(=O)[nH]c1=O. The first kappa shape index (κ1) is 22.9. The number of anilines is 2. The molecule has 0 saturated heterocycles. The van der Waals surface area contributed by atoms with E-state index in [0.29, 0.717) is 18.7 Å². The zero-order valence-corrected chi connectivity index (χ0v) is 18.3. The molecule has 1 heterocycles. The van der Waals surface area contributed by atoms with E-state index in [1.165, 1.54) is 9.47 Å². The summed E-state index contributed by atoms with van der Waals surface area (Å²) in [5, 5.41) is 0. The van der Waals surface area contributed by atoms with Gasteiger partial charge in [0.1, 0.15) is 11.6 Å². The summed E-state index contributed by atoms with van der Waals surface area (Å²) in [7, 11) is 0. The average Bonchev–Trinajstić information content (AvgIpc) is 2.77. The molecule has 8 heteroatoms. The summed E-state index contributed by atoms with van der Waals surface area (Å²) in [6.45, 7) is 4.08. The number of aromatic nitrogens is 2. The average molecular weight is 437 g/mol. The fourth-order valence-corrected chi connectivity index (χ4v) is 3.36. The second-order valence-electron chi connectivity index (χ2n) is 7.57. The molecule has 0 fully saturated rings. The largest absolute Gasteiger partial charge is 0.484 e. The molecule has 8 nitrogen and oxygen atoms in total. The number of carbonyl (C=O) groups is 1. The van der Waals surface area contributed by atoms with E-state index in [9.17, 15) is 14.4 Å². The van der Waals surface area contributed by atoms with Crippen molar-refractivity contribution in [1.29, 1.82) is 0 Å². The molecule has 1 amide bonds. The smallest absolute Gasteiger partial charge is 0.330 e. The second-order valence-corrected chi connectivity index (χ2v) is 7.57. The number of hydrogen-bond donors (Lipinski definition) is 2. The summed E-state index contributed by atoms with van der Waals surface area (Å²) in [6, 6.07) is 16.6. The number of aromatic amines is 1. The molecule has 0 atom stereocenters. The van der Waals surface area contributed by atoms with Gasteiger partial charge in [-0.2, -0.15) is 0 Å². The van der Waals surface area contributed by atoms with E-state index in [-0.39, 0.29) is 24.7 Å². The van der Waals surface area contributed by atoms with Crippen LogP contribution in [0, 0.1) is 6.92 Å². The molecule has 0 bridgehead atoms. The third-order valence-electron chi connectivity index (χ3n) is 5.06. The van der Waals surface area contributed by atoms with Crippen molar-refractivity contribution < 1.29 is 9.53 Å². The Kier molecular flexibility index (Phi) is 7.49. The molecule has 168 valence electrons. The van der Waals surface area contributed by atoms with Crippen molar-refractivity contribution in [3.8, 4) is 5.75 Å². The molecule has 3 N–H and O–H groups in total. The quantitative estimate of drug-likeness (QED) is 0.536. The van der Waals surface area contributed by atoms with Crippen LogP contribution in [0.1, 0.15) is 30.9 Å². The first-order chi connectivity index (χ1) is 15.4. The fourth-order valence-electron chi connectivity index (χ4n) is 3.36. The Morgan fingerprint density at radius 2 is 1.88 bits per heavy atom. The number of benzene rings is 2. The van der Waals surface area contributed by atoms with Gasteiger partial charge in [-0.15, -0.1) is 0 Å². The molecular weight excluding hydrogens is 408 g/mol. The highest BCUT2D eigenvalue weighted by molar-refractivity contribution is 5.96. The summed E-state index contributed by atoms with van der Waals surface area (Å²) in [5.41, 5.74) is 6.71. The highest BCUT2D eigenvalue weighted by Gasteiger charge is 2.25. The summed E-state index contributed by atoms with van der Waals surface area (Å²) < 4.78 is 6.97. The number of rotatable bonds is 9. The van der Waals surface area contributed by atoms with Gasteiger partial charge in [-0.1, -0.05) is 55.8 Å². The number of nitrogen functional groups attached to an aromatic ring is 1. The van der Waals surface area contributed by atoms with E-state index < -0.39 is 17.2 Å². The molecule has 0 saturated carbocycles. The van der Waals surface area contributed by atoms with Gasteiger partial charge in [0, 0.05) is 6.54 Å². The van der Waals surface area contributed by atoms with Gasteiger partial charge < -0.3 is 10.5 Å². The van der Waals surface area contributed by atoms with E-state index in [4.69, 9.17) is 10.5 Å². The number of H-pyrrole nitrogens is 1. The maximum absolute atomic E-state index is 13.2. The molecule has 1 aromatic heterocycles. The molecule has 3 rings (SSSR count). The number of aryl methyl sites for hydroxylation is 1. The third-order valence-corrected chi connectivity index (χ3v) is 5.06. The van der Waals surface area contributed by atoms with Crippen LogP contribution in [0.3, 0.4) is 0 Å². The normalized spacial score (nSPS) is 10.7. The lowest BCUT2D eigenvalue weighted by molar-refractivity contribution is -0.120. The van der Waals surface area contributed by atoms with Crippen LogP contribution in [-0.4, -0.2) is 22.1 Å². The minimum atomic E-state index is -0.708. The van der Waals surface area contributed by atoms with Crippen molar-refractivity contribution in [2.75, 3.05) is 17.2 Å². The molecule has 0 spiro atoms. The minimum Gasteiger partial charge on any atom is -0.484 e. The monoisotopic (exact) mass is 436 g/mol. The van der Waals surface area contributed by atoms with Crippen LogP contribution in [0.4, 0.5) is 11.5 Å². The standard InChI is InChI=1S/C24H28N4O4/c1-3-4-13-27-22(25)21(23(30)26-24(27)31)28(15-18-10-6-5-7-11-18)20(29)16-32-19-12-8-9-17(2)14-19/h5-12,14H,3-4,13,15-16,25H2,1-2H3,(H,26,30,31). The zero-order valence-electron chi connectivity index (χ0n) is 18.3. The minimum absolute atomic E-state index is 0.0352. The van der Waals surface area contributed by atoms with Crippen molar-refractivity contribution in [2.45, 2.75) is 39.8 Å². The number of nitrogens with zero attached hydrogens (tertiary/aromatic N) is 2. The van der Waals surface area contributed by atoms with Crippen molar-refractivity contribution >= 4 is 17.4 Å². The number of hydrogen-bond acceptors (Lipinski definition) is 5. The van der Waals surface area contributed by atoms with Gasteiger partial charge in [0.05, 0.1) is 6.54 Å². The Labute approximate surface area is 186 Å². The molecule has 2 aromatic carbocycles. The Hall–Kier alpha value is -3.81. The van der Waals surface area contributed by atoms with Gasteiger partial charge in [0.25, 0.3) is 11.5 Å². The van der Waals surface area contributed by atoms with Crippen molar-refractivity contribution in [3.63, 3.8) is 0 Å². The topological polar surface area (TPSA) is 110 Å². The van der Waals surface area contributed by atoms with Crippen LogP contribution < -0.4 is 26.6 Å². The van der Waals surface area contributed by atoms with Crippen LogP contribution >= 0.6 is 0 Å². The van der Waals surface area contributed by atoms with E-state index >= 15 is 0 Å². The molecule has 0 aliphatic rings. The second kappa shape index (κ2) is 10.5. The van der Waals surface area contributed by atoms with Gasteiger partial charge in [-0.3, -0.25) is 24.0 Å². The van der Waals surface area contributed by atoms with Gasteiger partial charge in [0.15, 0.2) is 12.3 Å². The van der Waals surface area contributed by atoms with Crippen LogP contribution in [0.15, 0.2) is 64.2 Å². The highest BCUT2D eigenvalue weighted by atomic mass is 16.5. The Morgan fingerprint density at radius 1 is 1.12 bits per heavy atom. The van der Waals surface area contributed by atoms with Crippen molar-refractivity contribution in [1.82, 2.24) is 9.55 Å². The van der Waals surface area contributed by atoms with E-state index in [1.54, 1.807) is 6.07 Å². The molecule has 32 heavy (non-hydrogen) atoms. The van der Waals surface area contributed by atoms with Gasteiger partial charge in [0.2, 0.25) is 0 Å². The number of nitrogens with one attached hydrogen (secondary N) is 1. The Balaban J connectivity index is 1.98. The third kappa shape index (κ3) is 5.46. The predicted octanol–water partition coefficient (Wildman–Crippen LogP) is 2.84. The van der Waals surface area contributed by atoms with Gasteiger partial charge >= 0.3 is 5.69 Å². The maximum Gasteiger partial charge on any atom is 0.330 e. The van der Waals surface area contributed by atoms with Gasteiger partial charge in [-0.25, -0.2) is 4.79 Å². The maximum atomic E-state index is 13.2. The number of nitrogens with two attached hydrogens (primary N) is 1. The number of carbonyl (C=O) groups excluding carboxylic acids is 1. The molecule has 0 radical (unpaired) electrons. The Morgan fingerprint density at radius 3 is 2.56 bits per heavy atom. The molecular formula is C24H28N4O4. The molecule has 0 aliphatic heterocycles. The molecule has 0 unspecified atom stereocenters. The van der Waals surface area contributed by atoms with Crippen LogP contribution in [-0.2, 0) is 17.9 Å². The number of unbranched alkanes of at least 4 members (excludes halogenated alkanes) is 1. The number of ether oxygens (including phenoxy) is 1.